The lowest BCUT2D eigenvalue weighted by Gasteiger charge is -2.17. The van der Waals surface area contributed by atoms with E-state index >= 15 is 0 Å². The molecular weight excluding hydrogens is 232 g/mol. The zero-order valence-electron chi connectivity index (χ0n) is 10.6. The van der Waals surface area contributed by atoms with Gasteiger partial charge in [0.1, 0.15) is 0 Å². The summed E-state index contributed by atoms with van der Waals surface area (Å²) in [6, 6.07) is 8.79. The van der Waals surface area contributed by atoms with Gasteiger partial charge in [0.15, 0.2) is 0 Å². The molecule has 0 saturated carbocycles. The van der Waals surface area contributed by atoms with Crippen molar-refractivity contribution >= 4 is 17.5 Å². The van der Waals surface area contributed by atoms with E-state index in [0.29, 0.717) is 18.7 Å². The molecule has 2 N–H and O–H groups in total. The number of aliphatic hydroxyl groups excluding tert-OH is 1. The number of nitrogens with zero attached hydrogens (tertiary/aromatic N) is 1. The van der Waals surface area contributed by atoms with Crippen molar-refractivity contribution in [3.05, 3.63) is 30.3 Å². The average molecular weight is 250 g/mol. The first-order chi connectivity index (χ1) is 8.50. The van der Waals surface area contributed by atoms with Gasteiger partial charge in [0, 0.05) is 19.3 Å². The molecule has 0 heterocycles. The Morgan fingerprint density at radius 2 is 1.94 bits per heavy atom. The molecule has 0 spiro atoms. The van der Waals surface area contributed by atoms with Gasteiger partial charge in [0.25, 0.3) is 0 Å². The van der Waals surface area contributed by atoms with Crippen LogP contribution in [-0.4, -0.2) is 41.5 Å². The highest BCUT2D eigenvalue weighted by molar-refractivity contribution is 6.39. The quantitative estimate of drug-likeness (QED) is 0.778. The van der Waals surface area contributed by atoms with Crippen LogP contribution in [0.15, 0.2) is 30.3 Å². The van der Waals surface area contributed by atoms with Gasteiger partial charge in [0.05, 0.1) is 6.10 Å². The lowest BCUT2D eigenvalue weighted by molar-refractivity contribution is -0.142. The van der Waals surface area contributed by atoms with Crippen LogP contribution in [0.2, 0.25) is 0 Å². The maximum Gasteiger partial charge on any atom is 0.313 e. The van der Waals surface area contributed by atoms with Gasteiger partial charge in [-0.3, -0.25) is 9.59 Å². The number of hydrogen-bond acceptors (Lipinski definition) is 3. The molecule has 18 heavy (non-hydrogen) atoms. The van der Waals surface area contributed by atoms with E-state index in [4.69, 9.17) is 5.11 Å². The third-order valence-electron chi connectivity index (χ3n) is 2.45. The van der Waals surface area contributed by atoms with E-state index < -0.39 is 17.9 Å². The molecule has 5 heteroatoms. The number of amides is 2. The van der Waals surface area contributed by atoms with Gasteiger partial charge in [-0.2, -0.15) is 0 Å². The van der Waals surface area contributed by atoms with Crippen molar-refractivity contribution in [3.8, 4) is 0 Å². The van der Waals surface area contributed by atoms with Crippen molar-refractivity contribution in [2.45, 2.75) is 19.4 Å². The summed E-state index contributed by atoms with van der Waals surface area (Å²) < 4.78 is 0. The summed E-state index contributed by atoms with van der Waals surface area (Å²) in [6.07, 6.45) is -0.0432. The Hall–Kier alpha value is -1.88. The smallest absolute Gasteiger partial charge is 0.313 e. The summed E-state index contributed by atoms with van der Waals surface area (Å²) in [4.78, 5) is 24.6. The van der Waals surface area contributed by atoms with Crippen molar-refractivity contribution in [3.63, 3.8) is 0 Å². The van der Waals surface area contributed by atoms with Crippen LogP contribution in [0.4, 0.5) is 5.69 Å². The van der Waals surface area contributed by atoms with Crippen LogP contribution < -0.4 is 5.32 Å². The molecule has 1 aromatic carbocycles. The molecule has 1 rings (SSSR count). The first-order valence-corrected chi connectivity index (χ1v) is 5.80. The molecule has 98 valence electrons. The number of anilines is 1. The molecule has 0 aromatic heterocycles. The zero-order chi connectivity index (χ0) is 13.5. The van der Waals surface area contributed by atoms with E-state index in [-0.39, 0.29) is 0 Å². The number of carbonyl (C=O) groups is 2. The van der Waals surface area contributed by atoms with Gasteiger partial charge >= 0.3 is 11.8 Å². The van der Waals surface area contributed by atoms with Crippen molar-refractivity contribution < 1.29 is 14.7 Å². The SMILES string of the molecule is CC(O)CCN(C)C(=O)C(=O)Nc1ccccc1. The van der Waals surface area contributed by atoms with E-state index in [1.54, 1.807) is 31.2 Å². The summed E-state index contributed by atoms with van der Waals surface area (Å²) >= 11 is 0. The number of para-hydroxylation sites is 1. The third-order valence-corrected chi connectivity index (χ3v) is 2.45. The fourth-order valence-electron chi connectivity index (χ4n) is 1.36. The molecule has 0 aliphatic heterocycles. The fraction of sp³-hybridized carbons (Fsp3) is 0.385. The van der Waals surface area contributed by atoms with Crippen molar-refractivity contribution in [2.75, 3.05) is 18.9 Å². The van der Waals surface area contributed by atoms with Crippen LogP contribution in [0.5, 0.6) is 0 Å². The molecule has 1 unspecified atom stereocenters. The van der Waals surface area contributed by atoms with Crippen molar-refractivity contribution in [1.82, 2.24) is 4.90 Å². The highest BCUT2D eigenvalue weighted by atomic mass is 16.3. The molecule has 0 saturated heterocycles. The maximum atomic E-state index is 11.7. The van der Waals surface area contributed by atoms with Crippen molar-refractivity contribution in [1.29, 1.82) is 0 Å². The summed E-state index contributed by atoms with van der Waals surface area (Å²) in [6.45, 7) is 1.99. The Morgan fingerprint density at radius 3 is 2.50 bits per heavy atom. The summed E-state index contributed by atoms with van der Waals surface area (Å²) in [5.74, 6) is -1.28. The third kappa shape index (κ3) is 4.55. The van der Waals surface area contributed by atoms with Gasteiger partial charge in [-0.05, 0) is 25.5 Å². The van der Waals surface area contributed by atoms with Crippen LogP contribution in [0.25, 0.3) is 0 Å². The molecule has 0 aliphatic carbocycles. The standard InChI is InChI=1S/C13H18N2O3/c1-10(16)8-9-15(2)13(18)12(17)14-11-6-4-3-5-7-11/h3-7,10,16H,8-9H2,1-2H3,(H,14,17). The van der Waals surface area contributed by atoms with E-state index in [1.807, 2.05) is 6.07 Å². The van der Waals surface area contributed by atoms with E-state index in [1.165, 1.54) is 11.9 Å². The van der Waals surface area contributed by atoms with E-state index in [2.05, 4.69) is 5.32 Å². The highest BCUT2D eigenvalue weighted by Crippen LogP contribution is 2.05. The van der Waals surface area contributed by atoms with Crippen LogP contribution in [0.1, 0.15) is 13.3 Å². The molecule has 0 aliphatic rings. The largest absolute Gasteiger partial charge is 0.393 e. The second kappa shape index (κ2) is 6.76. The second-order valence-electron chi connectivity index (χ2n) is 4.18. The van der Waals surface area contributed by atoms with Crippen LogP contribution in [0.3, 0.4) is 0 Å². The van der Waals surface area contributed by atoms with Crippen molar-refractivity contribution in [2.24, 2.45) is 0 Å². The minimum Gasteiger partial charge on any atom is -0.393 e. The van der Waals surface area contributed by atoms with Gasteiger partial charge in [-0.25, -0.2) is 0 Å². The number of nitrogens with one attached hydrogen (secondary N) is 1. The molecule has 2 amide bonds. The predicted molar refractivity (Wildman–Crippen MR) is 69.0 cm³/mol. The number of hydrogen-bond donors (Lipinski definition) is 2. The minimum absolute atomic E-state index is 0.346. The monoisotopic (exact) mass is 250 g/mol. The predicted octanol–water partition coefficient (Wildman–Crippen LogP) is 0.854. The Labute approximate surface area is 106 Å². The summed E-state index contributed by atoms with van der Waals surface area (Å²) in [5.41, 5.74) is 0.583. The van der Waals surface area contributed by atoms with Gasteiger partial charge in [0.2, 0.25) is 0 Å². The lowest BCUT2D eigenvalue weighted by atomic mass is 10.2. The van der Waals surface area contributed by atoms with Gasteiger partial charge < -0.3 is 15.3 Å². The van der Waals surface area contributed by atoms with Gasteiger partial charge in [-0.15, -0.1) is 0 Å². The Balaban J connectivity index is 2.48. The Bertz CT molecular complexity index is 404. The van der Waals surface area contributed by atoms with Crippen LogP contribution in [-0.2, 0) is 9.59 Å². The molecule has 0 fully saturated rings. The first kappa shape index (κ1) is 14.2. The number of likely N-dealkylation sites (N-methyl/N-ethyl adjacent to an activating group) is 1. The summed E-state index contributed by atoms with van der Waals surface area (Å²) in [5, 5.41) is 11.6. The minimum atomic E-state index is -0.672. The molecule has 0 bridgehead atoms. The van der Waals surface area contributed by atoms with Crippen LogP contribution >= 0.6 is 0 Å². The first-order valence-electron chi connectivity index (χ1n) is 5.80. The Morgan fingerprint density at radius 1 is 1.33 bits per heavy atom. The number of rotatable bonds is 4. The second-order valence-corrected chi connectivity index (χ2v) is 4.18. The number of benzene rings is 1. The highest BCUT2D eigenvalue weighted by Gasteiger charge is 2.18. The van der Waals surface area contributed by atoms with Gasteiger partial charge in [-0.1, -0.05) is 18.2 Å². The zero-order valence-corrected chi connectivity index (χ0v) is 10.6. The summed E-state index contributed by atoms with van der Waals surface area (Å²) in [7, 11) is 1.54. The number of carbonyl (C=O) groups excluding carboxylic acids is 2. The normalized spacial score (nSPS) is 11.7. The van der Waals surface area contributed by atoms with E-state index in [9.17, 15) is 9.59 Å². The fourth-order valence-corrected chi connectivity index (χ4v) is 1.36. The molecule has 0 radical (unpaired) electrons. The topological polar surface area (TPSA) is 69.6 Å². The Kier molecular flexibility index (Phi) is 5.32. The molecular formula is C13H18N2O3. The average Bonchev–Trinajstić information content (AvgIpc) is 2.36. The lowest BCUT2D eigenvalue weighted by Crippen LogP contribution is -2.38. The van der Waals surface area contributed by atoms with Crippen LogP contribution in [0, 0.1) is 0 Å². The molecule has 1 aromatic rings. The molecule has 1 atom stereocenters. The number of aliphatic hydroxyl groups is 1. The molecule has 5 nitrogen and oxygen atoms in total. The maximum absolute atomic E-state index is 11.7. The van der Waals surface area contributed by atoms with E-state index in [0.717, 1.165) is 0 Å².